The Morgan fingerprint density at radius 3 is 2.65 bits per heavy atom. The van der Waals surface area contributed by atoms with Gasteiger partial charge in [0.2, 0.25) is 0 Å². The van der Waals surface area contributed by atoms with Gasteiger partial charge in [-0.2, -0.15) is 0 Å². The van der Waals surface area contributed by atoms with Gasteiger partial charge < -0.3 is 10.6 Å². The number of anilines is 1. The maximum atomic E-state index is 12.4. The minimum atomic E-state index is -0.132. The van der Waals surface area contributed by atoms with Crippen LogP contribution >= 0.6 is 11.6 Å². The fourth-order valence-electron chi connectivity index (χ4n) is 1.85. The third-order valence-electron chi connectivity index (χ3n) is 2.99. The number of carbonyl (C=O) groups is 1. The SMILES string of the molecule is CCN(Cc1ccccc1Cl)C(=O)c1ccc(N)cn1. The number of pyridine rings is 1. The Bertz CT molecular complexity index is 598. The lowest BCUT2D eigenvalue weighted by Crippen LogP contribution is -2.31. The maximum absolute atomic E-state index is 12.4. The van der Waals surface area contributed by atoms with Crippen molar-refractivity contribution in [2.45, 2.75) is 13.5 Å². The number of hydrogen-bond acceptors (Lipinski definition) is 3. The number of hydrogen-bond donors (Lipinski definition) is 1. The van der Waals surface area contributed by atoms with Crippen molar-refractivity contribution in [3.8, 4) is 0 Å². The van der Waals surface area contributed by atoms with E-state index in [1.165, 1.54) is 6.20 Å². The fourth-order valence-corrected chi connectivity index (χ4v) is 2.05. The van der Waals surface area contributed by atoms with Gasteiger partial charge in [0.05, 0.1) is 11.9 Å². The minimum absolute atomic E-state index is 0.132. The van der Waals surface area contributed by atoms with E-state index in [0.717, 1.165) is 5.56 Å². The predicted octanol–water partition coefficient (Wildman–Crippen LogP) is 2.98. The van der Waals surface area contributed by atoms with Gasteiger partial charge in [0.1, 0.15) is 5.69 Å². The summed E-state index contributed by atoms with van der Waals surface area (Å²) in [6.07, 6.45) is 1.48. The average Bonchev–Trinajstić information content (AvgIpc) is 2.46. The van der Waals surface area contributed by atoms with Crippen LogP contribution in [0.5, 0.6) is 0 Å². The zero-order valence-corrected chi connectivity index (χ0v) is 12.0. The number of benzene rings is 1. The minimum Gasteiger partial charge on any atom is -0.397 e. The first kappa shape index (κ1) is 14.3. The summed E-state index contributed by atoms with van der Waals surface area (Å²) >= 11 is 6.13. The van der Waals surface area contributed by atoms with Gasteiger partial charge in [-0.25, -0.2) is 4.98 Å². The molecule has 0 aliphatic carbocycles. The van der Waals surface area contributed by atoms with Crippen molar-refractivity contribution in [1.29, 1.82) is 0 Å². The van der Waals surface area contributed by atoms with Crippen molar-refractivity contribution in [3.63, 3.8) is 0 Å². The van der Waals surface area contributed by atoms with Crippen molar-refractivity contribution in [2.24, 2.45) is 0 Å². The van der Waals surface area contributed by atoms with Gasteiger partial charge in [-0.15, -0.1) is 0 Å². The molecule has 0 unspecified atom stereocenters. The summed E-state index contributed by atoms with van der Waals surface area (Å²) in [4.78, 5) is 18.1. The molecule has 4 nitrogen and oxygen atoms in total. The Morgan fingerprint density at radius 2 is 2.05 bits per heavy atom. The van der Waals surface area contributed by atoms with E-state index in [2.05, 4.69) is 4.98 Å². The molecule has 0 saturated carbocycles. The Morgan fingerprint density at radius 1 is 1.30 bits per heavy atom. The molecule has 0 spiro atoms. The third-order valence-corrected chi connectivity index (χ3v) is 3.36. The standard InChI is InChI=1S/C15H16ClN3O/c1-2-19(10-11-5-3-4-6-13(11)16)15(20)14-8-7-12(17)9-18-14/h3-9H,2,10,17H2,1H3. The van der Waals surface area contributed by atoms with E-state index in [-0.39, 0.29) is 5.91 Å². The molecule has 0 bridgehead atoms. The number of carbonyl (C=O) groups excluding carboxylic acids is 1. The van der Waals surface area contributed by atoms with Gasteiger partial charge >= 0.3 is 0 Å². The quantitative estimate of drug-likeness (QED) is 0.941. The summed E-state index contributed by atoms with van der Waals surface area (Å²) in [6.45, 7) is 2.96. The first-order valence-corrected chi connectivity index (χ1v) is 6.73. The van der Waals surface area contributed by atoms with E-state index in [1.807, 2.05) is 31.2 Å². The van der Waals surface area contributed by atoms with Crippen molar-refractivity contribution >= 4 is 23.2 Å². The lowest BCUT2D eigenvalue weighted by atomic mass is 10.2. The summed E-state index contributed by atoms with van der Waals surface area (Å²) < 4.78 is 0. The van der Waals surface area contributed by atoms with Crippen molar-refractivity contribution < 1.29 is 4.79 Å². The highest BCUT2D eigenvalue weighted by Crippen LogP contribution is 2.18. The molecule has 2 rings (SSSR count). The molecule has 1 amide bonds. The highest BCUT2D eigenvalue weighted by Gasteiger charge is 2.16. The van der Waals surface area contributed by atoms with E-state index in [9.17, 15) is 4.79 Å². The largest absolute Gasteiger partial charge is 0.397 e. The molecule has 0 atom stereocenters. The Hall–Kier alpha value is -2.07. The fraction of sp³-hybridized carbons (Fsp3) is 0.200. The first-order valence-electron chi connectivity index (χ1n) is 6.36. The van der Waals surface area contributed by atoms with Gasteiger partial charge in [0, 0.05) is 18.1 Å². The number of nitrogens with zero attached hydrogens (tertiary/aromatic N) is 2. The van der Waals surface area contributed by atoms with Gasteiger partial charge in [0.15, 0.2) is 0 Å². The smallest absolute Gasteiger partial charge is 0.272 e. The van der Waals surface area contributed by atoms with Gasteiger partial charge in [-0.3, -0.25) is 4.79 Å². The number of nitrogens with two attached hydrogens (primary N) is 1. The molecule has 2 N–H and O–H groups in total. The summed E-state index contributed by atoms with van der Waals surface area (Å²) in [5, 5.41) is 0.656. The summed E-state index contributed by atoms with van der Waals surface area (Å²) in [6, 6.07) is 10.8. The van der Waals surface area contributed by atoms with Crippen LogP contribution in [-0.4, -0.2) is 22.3 Å². The van der Waals surface area contributed by atoms with Crippen LogP contribution < -0.4 is 5.73 Å². The molecule has 5 heteroatoms. The van der Waals surface area contributed by atoms with E-state index in [1.54, 1.807) is 17.0 Å². The highest BCUT2D eigenvalue weighted by molar-refractivity contribution is 6.31. The molecule has 20 heavy (non-hydrogen) atoms. The third kappa shape index (κ3) is 3.27. The van der Waals surface area contributed by atoms with E-state index in [0.29, 0.717) is 29.5 Å². The van der Waals surface area contributed by atoms with Crippen LogP contribution in [0.4, 0.5) is 5.69 Å². The molecule has 0 aliphatic heterocycles. The lowest BCUT2D eigenvalue weighted by Gasteiger charge is -2.21. The summed E-state index contributed by atoms with van der Waals surface area (Å²) in [7, 11) is 0. The van der Waals surface area contributed by atoms with Crippen LogP contribution in [0.3, 0.4) is 0 Å². The monoisotopic (exact) mass is 289 g/mol. The zero-order chi connectivity index (χ0) is 14.5. The number of nitrogen functional groups attached to an aromatic ring is 1. The van der Waals surface area contributed by atoms with E-state index in [4.69, 9.17) is 17.3 Å². The topological polar surface area (TPSA) is 59.2 Å². The maximum Gasteiger partial charge on any atom is 0.272 e. The van der Waals surface area contributed by atoms with Crippen LogP contribution in [0.15, 0.2) is 42.6 Å². The number of halogens is 1. The molecule has 0 saturated heterocycles. The summed E-state index contributed by atoms with van der Waals surface area (Å²) in [5.41, 5.74) is 7.41. The Kier molecular flexibility index (Phi) is 4.58. The average molecular weight is 290 g/mol. The number of aromatic nitrogens is 1. The van der Waals surface area contributed by atoms with E-state index < -0.39 is 0 Å². The molecule has 1 aromatic heterocycles. The van der Waals surface area contributed by atoms with Gasteiger partial charge in [-0.1, -0.05) is 29.8 Å². The van der Waals surface area contributed by atoms with Crippen LogP contribution in [0, 0.1) is 0 Å². The molecule has 1 heterocycles. The van der Waals surface area contributed by atoms with Gasteiger partial charge in [0.25, 0.3) is 5.91 Å². The van der Waals surface area contributed by atoms with Crippen LogP contribution in [-0.2, 0) is 6.54 Å². The normalized spacial score (nSPS) is 10.3. The van der Waals surface area contributed by atoms with Crippen molar-refractivity contribution in [3.05, 3.63) is 58.9 Å². The second-order valence-corrected chi connectivity index (χ2v) is 4.79. The second kappa shape index (κ2) is 6.39. The Labute approximate surface area is 123 Å². The van der Waals surface area contributed by atoms with E-state index >= 15 is 0 Å². The molecule has 0 fully saturated rings. The predicted molar refractivity (Wildman–Crippen MR) is 80.5 cm³/mol. The zero-order valence-electron chi connectivity index (χ0n) is 11.2. The molecule has 0 aliphatic rings. The van der Waals surface area contributed by atoms with Crippen molar-refractivity contribution in [1.82, 2.24) is 9.88 Å². The molecule has 104 valence electrons. The lowest BCUT2D eigenvalue weighted by molar-refractivity contribution is 0.0747. The van der Waals surface area contributed by atoms with Gasteiger partial charge in [-0.05, 0) is 30.7 Å². The molecule has 0 radical (unpaired) electrons. The molecule has 2 aromatic rings. The highest BCUT2D eigenvalue weighted by atomic mass is 35.5. The molecular formula is C15H16ClN3O. The molecule has 1 aromatic carbocycles. The first-order chi connectivity index (χ1) is 9.61. The van der Waals surface area contributed by atoms with Crippen LogP contribution in [0.2, 0.25) is 5.02 Å². The summed E-state index contributed by atoms with van der Waals surface area (Å²) in [5.74, 6) is -0.132. The number of rotatable bonds is 4. The Balaban J connectivity index is 2.18. The van der Waals surface area contributed by atoms with Crippen LogP contribution in [0.25, 0.3) is 0 Å². The second-order valence-electron chi connectivity index (χ2n) is 4.39. The van der Waals surface area contributed by atoms with Crippen LogP contribution in [0.1, 0.15) is 23.0 Å². The number of amides is 1. The van der Waals surface area contributed by atoms with Crippen molar-refractivity contribution in [2.75, 3.05) is 12.3 Å². The molecular weight excluding hydrogens is 274 g/mol.